The lowest BCUT2D eigenvalue weighted by molar-refractivity contribution is -0.202. The molecule has 0 unspecified atom stereocenters. The van der Waals surface area contributed by atoms with Crippen molar-refractivity contribution < 1.29 is 10.2 Å². The minimum absolute atomic E-state index is 0.0199. The highest BCUT2D eigenvalue weighted by Gasteiger charge is 2.68. The Morgan fingerprint density at radius 3 is 2.28 bits per heavy atom. The Bertz CT molecular complexity index is 797. The molecule has 0 spiro atoms. The minimum Gasteiger partial charge on any atom is -0.396 e. The monoisotopic (exact) mass is 442 g/mol. The fourth-order valence-electron chi connectivity index (χ4n) is 11.0. The van der Waals surface area contributed by atoms with Gasteiger partial charge in [-0.2, -0.15) is 0 Å². The van der Waals surface area contributed by atoms with Crippen molar-refractivity contribution in [3.05, 3.63) is 11.6 Å². The predicted molar refractivity (Wildman–Crippen MR) is 132 cm³/mol. The molecule has 32 heavy (non-hydrogen) atoms. The van der Waals surface area contributed by atoms with Crippen molar-refractivity contribution in [3.8, 4) is 0 Å². The molecule has 2 N–H and O–H groups in total. The summed E-state index contributed by atoms with van der Waals surface area (Å²) in [5.74, 6) is 3.32. The molecule has 0 aromatic rings. The smallest absolute Gasteiger partial charge is 0.0594 e. The Morgan fingerprint density at radius 1 is 0.906 bits per heavy atom. The van der Waals surface area contributed by atoms with E-state index in [9.17, 15) is 10.2 Å². The van der Waals surface area contributed by atoms with E-state index in [0.717, 1.165) is 12.3 Å². The van der Waals surface area contributed by atoms with E-state index in [-0.39, 0.29) is 22.3 Å². The van der Waals surface area contributed by atoms with Crippen LogP contribution in [0.3, 0.4) is 0 Å². The second-order valence-electron chi connectivity index (χ2n) is 14.6. The van der Waals surface area contributed by atoms with Gasteiger partial charge in [-0.15, -0.1) is 0 Å². The Balaban J connectivity index is 1.59. The first-order chi connectivity index (χ1) is 14.9. The van der Waals surface area contributed by atoms with E-state index in [2.05, 4.69) is 54.5 Å². The first-order valence-electron chi connectivity index (χ1n) is 13.9. The van der Waals surface area contributed by atoms with Gasteiger partial charge in [0.05, 0.1) is 6.10 Å². The van der Waals surface area contributed by atoms with Crippen molar-refractivity contribution in [3.63, 3.8) is 0 Å². The molecule has 0 amide bonds. The van der Waals surface area contributed by atoms with Crippen LogP contribution < -0.4 is 0 Å². The molecule has 0 aromatic carbocycles. The Morgan fingerprint density at radius 2 is 1.62 bits per heavy atom. The molecule has 0 aromatic heterocycles. The van der Waals surface area contributed by atoms with Crippen LogP contribution >= 0.6 is 0 Å². The molecular formula is C30H50O2. The van der Waals surface area contributed by atoms with Gasteiger partial charge >= 0.3 is 0 Å². The van der Waals surface area contributed by atoms with Gasteiger partial charge in [-0.05, 0) is 109 Å². The van der Waals surface area contributed by atoms with E-state index in [0.29, 0.717) is 41.1 Å². The van der Waals surface area contributed by atoms with Gasteiger partial charge in [0, 0.05) is 12.0 Å². The van der Waals surface area contributed by atoms with Gasteiger partial charge in [0.2, 0.25) is 0 Å². The van der Waals surface area contributed by atoms with E-state index in [1.54, 1.807) is 5.57 Å². The van der Waals surface area contributed by atoms with Crippen molar-refractivity contribution in [2.45, 2.75) is 112 Å². The third-order valence-electron chi connectivity index (χ3n) is 13.2. The molecule has 9 atom stereocenters. The summed E-state index contributed by atoms with van der Waals surface area (Å²) in [6.07, 6.45) is 13.5. The molecule has 0 bridgehead atoms. The molecule has 2 heteroatoms. The van der Waals surface area contributed by atoms with Gasteiger partial charge in [0.1, 0.15) is 0 Å². The van der Waals surface area contributed by atoms with Crippen molar-refractivity contribution in [2.24, 2.45) is 56.7 Å². The fraction of sp³-hybridized carbons (Fsp3) is 0.933. The lowest BCUT2D eigenvalue weighted by atomic mass is 9.34. The molecule has 5 rings (SSSR count). The first kappa shape index (κ1) is 23.4. The standard InChI is InChI=1S/C30H50O2/c1-19(2)20-10-15-30(18-31)17-16-28(6)21(25(20)30)8-9-23-27(5)13-12-24(32)26(3,4)22(27)11-14-29(23,28)7/h8,19-20,22-25,31-32H,9-18H2,1-7H3/t20-,22-,23+,24-,25+,27-,28+,29+,30+/m0/s1. The zero-order valence-electron chi connectivity index (χ0n) is 22.0. The van der Waals surface area contributed by atoms with Crippen LogP contribution in [-0.4, -0.2) is 22.9 Å². The number of allylic oxidation sites excluding steroid dienone is 2. The number of rotatable bonds is 2. The minimum atomic E-state index is -0.152. The number of hydrogen-bond acceptors (Lipinski definition) is 2. The summed E-state index contributed by atoms with van der Waals surface area (Å²) in [6, 6.07) is 0. The average molecular weight is 443 g/mol. The highest BCUT2D eigenvalue weighted by atomic mass is 16.3. The van der Waals surface area contributed by atoms with Crippen LogP contribution in [0.25, 0.3) is 0 Å². The lowest BCUT2D eigenvalue weighted by Gasteiger charge is -2.70. The lowest BCUT2D eigenvalue weighted by Crippen LogP contribution is -2.64. The predicted octanol–water partition coefficient (Wildman–Crippen LogP) is 7.00. The molecular weight excluding hydrogens is 392 g/mol. The SMILES string of the molecule is CC(C)[C@@H]1CC[C@]2(CO)CC[C@]3(C)C(=CC[C@@H]4[C@@]5(C)CC[C@H](O)C(C)(C)[C@@H]5CC[C@]43C)[C@@H]12. The van der Waals surface area contributed by atoms with Crippen LogP contribution in [0.2, 0.25) is 0 Å². The molecule has 0 heterocycles. The summed E-state index contributed by atoms with van der Waals surface area (Å²) in [4.78, 5) is 0. The van der Waals surface area contributed by atoms with E-state index in [4.69, 9.17) is 0 Å². The molecule has 2 nitrogen and oxygen atoms in total. The third kappa shape index (κ3) is 2.66. The first-order valence-corrected chi connectivity index (χ1v) is 13.9. The average Bonchev–Trinajstić information content (AvgIpc) is 3.12. The zero-order valence-corrected chi connectivity index (χ0v) is 22.0. The Hall–Kier alpha value is -0.340. The zero-order chi connectivity index (χ0) is 23.3. The number of hydrogen-bond donors (Lipinski definition) is 2. The number of fused-ring (bicyclic) bond motifs is 7. The normalized spacial score (nSPS) is 54.3. The molecule has 182 valence electrons. The molecule has 5 aliphatic rings. The third-order valence-corrected chi connectivity index (χ3v) is 13.2. The fourth-order valence-corrected chi connectivity index (χ4v) is 11.0. The van der Waals surface area contributed by atoms with Crippen LogP contribution in [0.15, 0.2) is 11.6 Å². The van der Waals surface area contributed by atoms with Gasteiger partial charge in [-0.25, -0.2) is 0 Å². The molecule has 4 fully saturated rings. The number of aliphatic hydroxyl groups is 2. The number of aliphatic hydroxyl groups excluding tert-OH is 2. The summed E-state index contributed by atoms with van der Waals surface area (Å²) < 4.78 is 0. The van der Waals surface area contributed by atoms with Gasteiger partial charge in [0.15, 0.2) is 0 Å². The van der Waals surface area contributed by atoms with Gasteiger partial charge < -0.3 is 10.2 Å². The molecule has 5 aliphatic carbocycles. The Kier molecular flexibility index (Phi) is 5.19. The Labute approximate surface area is 197 Å². The van der Waals surface area contributed by atoms with Crippen LogP contribution in [0, 0.1) is 56.7 Å². The van der Waals surface area contributed by atoms with Crippen LogP contribution in [0.5, 0.6) is 0 Å². The maximum absolute atomic E-state index is 10.9. The van der Waals surface area contributed by atoms with Crippen molar-refractivity contribution >= 4 is 0 Å². The van der Waals surface area contributed by atoms with Gasteiger partial charge in [0.25, 0.3) is 0 Å². The summed E-state index contributed by atoms with van der Waals surface area (Å²) in [5.41, 5.74) is 2.81. The molecule has 4 saturated carbocycles. The summed E-state index contributed by atoms with van der Waals surface area (Å²) in [5, 5.41) is 21.5. The van der Waals surface area contributed by atoms with Crippen molar-refractivity contribution in [2.75, 3.05) is 6.61 Å². The van der Waals surface area contributed by atoms with E-state index >= 15 is 0 Å². The topological polar surface area (TPSA) is 40.5 Å². The quantitative estimate of drug-likeness (QED) is 0.452. The van der Waals surface area contributed by atoms with Gasteiger partial charge in [-0.1, -0.05) is 60.1 Å². The largest absolute Gasteiger partial charge is 0.396 e. The maximum atomic E-state index is 10.9. The van der Waals surface area contributed by atoms with E-state index in [1.165, 1.54) is 51.4 Å². The van der Waals surface area contributed by atoms with Crippen LogP contribution in [0.1, 0.15) is 106 Å². The van der Waals surface area contributed by atoms with Gasteiger partial charge in [-0.3, -0.25) is 0 Å². The highest BCUT2D eigenvalue weighted by molar-refractivity contribution is 5.34. The van der Waals surface area contributed by atoms with E-state index in [1.807, 2.05) is 0 Å². The molecule has 0 radical (unpaired) electrons. The van der Waals surface area contributed by atoms with Crippen molar-refractivity contribution in [1.82, 2.24) is 0 Å². The van der Waals surface area contributed by atoms with Crippen LogP contribution in [0.4, 0.5) is 0 Å². The highest BCUT2D eigenvalue weighted by Crippen LogP contribution is 2.76. The molecule has 0 aliphatic heterocycles. The molecule has 0 saturated heterocycles. The maximum Gasteiger partial charge on any atom is 0.0594 e. The second kappa shape index (κ2) is 7.09. The van der Waals surface area contributed by atoms with E-state index < -0.39 is 0 Å². The van der Waals surface area contributed by atoms with Crippen molar-refractivity contribution in [1.29, 1.82) is 0 Å². The van der Waals surface area contributed by atoms with Crippen LogP contribution in [-0.2, 0) is 0 Å². The second-order valence-corrected chi connectivity index (χ2v) is 14.6. The summed E-state index contributed by atoms with van der Waals surface area (Å²) in [7, 11) is 0. The summed E-state index contributed by atoms with van der Waals surface area (Å²) in [6.45, 7) is 17.8. The summed E-state index contributed by atoms with van der Waals surface area (Å²) >= 11 is 0.